The molecule has 1 saturated heterocycles. The summed E-state index contributed by atoms with van der Waals surface area (Å²) in [4.78, 5) is 17.2. The Hall–Kier alpha value is -1.97. The highest BCUT2D eigenvalue weighted by molar-refractivity contribution is 6.00. The topological polar surface area (TPSA) is 48.1 Å². The van der Waals surface area contributed by atoms with E-state index in [-0.39, 0.29) is 6.03 Å². The third kappa shape index (κ3) is 1.94. The van der Waals surface area contributed by atoms with Crippen molar-refractivity contribution >= 4 is 22.6 Å². The number of carbonyl (C=O) groups is 1. The van der Waals surface area contributed by atoms with Gasteiger partial charge in [0, 0.05) is 30.2 Å². The summed E-state index contributed by atoms with van der Waals surface area (Å²) in [5.74, 6) is 0.610. The van der Waals surface area contributed by atoms with Crippen molar-refractivity contribution in [2.24, 2.45) is 5.92 Å². The molecule has 0 radical (unpaired) electrons. The summed E-state index contributed by atoms with van der Waals surface area (Å²) in [5, 5.41) is 4.05. The standard InChI is InChI=1S/C14H17N3O/c1-10-6-8-17(9-10)14(18)16-13-4-2-3-12-11(13)5-7-15-12/h2-5,7,10,15H,6,8-9H2,1H3,(H,16,18). The van der Waals surface area contributed by atoms with E-state index in [2.05, 4.69) is 17.2 Å². The van der Waals surface area contributed by atoms with Crippen molar-refractivity contribution in [2.45, 2.75) is 13.3 Å². The van der Waals surface area contributed by atoms with Crippen molar-refractivity contribution in [3.05, 3.63) is 30.5 Å². The highest BCUT2D eigenvalue weighted by Gasteiger charge is 2.23. The van der Waals surface area contributed by atoms with E-state index < -0.39 is 0 Å². The SMILES string of the molecule is CC1CCN(C(=O)Nc2cccc3[nH]ccc23)C1. The van der Waals surface area contributed by atoms with Crippen LogP contribution in [0.15, 0.2) is 30.5 Å². The van der Waals surface area contributed by atoms with Crippen LogP contribution in [0.25, 0.3) is 10.9 Å². The number of carbonyl (C=O) groups excluding carboxylic acids is 1. The number of anilines is 1. The molecule has 1 aromatic heterocycles. The van der Waals surface area contributed by atoms with Gasteiger partial charge < -0.3 is 15.2 Å². The Morgan fingerprint density at radius 2 is 2.33 bits per heavy atom. The molecule has 3 rings (SSSR count). The van der Waals surface area contributed by atoms with Gasteiger partial charge in [-0.3, -0.25) is 0 Å². The number of fused-ring (bicyclic) bond motifs is 1. The fourth-order valence-electron chi connectivity index (χ4n) is 2.51. The molecule has 1 atom stereocenters. The highest BCUT2D eigenvalue weighted by atomic mass is 16.2. The number of hydrogen-bond donors (Lipinski definition) is 2. The van der Waals surface area contributed by atoms with Gasteiger partial charge in [-0.1, -0.05) is 13.0 Å². The Kier molecular flexibility index (Phi) is 2.70. The summed E-state index contributed by atoms with van der Waals surface area (Å²) in [7, 11) is 0. The van der Waals surface area contributed by atoms with Crippen molar-refractivity contribution in [1.82, 2.24) is 9.88 Å². The molecule has 2 aromatic rings. The molecule has 0 spiro atoms. The number of amides is 2. The summed E-state index contributed by atoms with van der Waals surface area (Å²) < 4.78 is 0. The van der Waals surface area contributed by atoms with Crippen LogP contribution >= 0.6 is 0 Å². The van der Waals surface area contributed by atoms with Gasteiger partial charge in [-0.15, -0.1) is 0 Å². The average Bonchev–Trinajstić information content (AvgIpc) is 2.97. The number of hydrogen-bond acceptors (Lipinski definition) is 1. The number of urea groups is 1. The molecular weight excluding hydrogens is 226 g/mol. The Balaban J connectivity index is 1.80. The number of benzene rings is 1. The molecular formula is C14H17N3O. The lowest BCUT2D eigenvalue weighted by Gasteiger charge is -2.17. The van der Waals surface area contributed by atoms with Crippen LogP contribution in [0.5, 0.6) is 0 Å². The first-order chi connectivity index (χ1) is 8.74. The maximum atomic E-state index is 12.1. The van der Waals surface area contributed by atoms with Crippen molar-refractivity contribution in [3.8, 4) is 0 Å². The molecule has 1 aliphatic rings. The normalized spacial score (nSPS) is 19.4. The maximum Gasteiger partial charge on any atom is 0.321 e. The van der Waals surface area contributed by atoms with Crippen molar-refractivity contribution in [1.29, 1.82) is 0 Å². The average molecular weight is 243 g/mol. The molecule has 1 fully saturated rings. The lowest BCUT2D eigenvalue weighted by Crippen LogP contribution is -2.32. The molecule has 1 aromatic carbocycles. The van der Waals surface area contributed by atoms with E-state index in [1.54, 1.807) is 0 Å². The largest absolute Gasteiger partial charge is 0.361 e. The van der Waals surface area contributed by atoms with Gasteiger partial charge in [0.25, 0.3) is 0 Å². The zero-order valence-corrected chi connectivity index (χ0v) is 10.4. The van der Waals surface area contributed by atoms with E-state index in [1.807, 2.05) is 35.4 Å². The summed E-state index contributed by atoms with van der Waals surface area (Å²) in [6, 6.07) is 7.88. The lowest BCUT2D eigenvalue weighted by molar-refractivity contribution is 0.221. The first kappa shape index (κ1) is 11.1. The first-order valence-corrected chi connectivity index (χ1v) is 6.36. The summed E-state index contributed by atoms with van der Waals surface area (Å²) >= 11 is 0. The number of likely N-dealkylation sites (tertiary alicyclic amines) is 1. The minimum atomic E-state index is 0.00745. The Morgan fingerprint density at radius 3 is 3.11 bits per heavy atom. The van der Waals surface area contributed by atoms with Crippen LogP contribution in [0.3, 0.4) is 0 Å². The summed E-state index contributed by atoms with van der Waals surface area (Å²) in [6.07, 6.45) is 2.99. The van der Waals surface area contributed by atoms with Gasteiger partial charge in [0.15, 0.2) is 0 Å². The molecule has 18 heavy (non-hydrogen) atoms. The molecule has 2 amide bonds. The third-order valence-electron chi connectivity index (χ3n) is 3.55. The molecule has 1 aliphatic heterocycles. The Bertz CT molecular complexity index is 575. The highest BCUT2D eigenvalue weighted by Crippen LogP contribution is 2.23. The van der Waals surface area contributed by atoms with Crippen LogP contribution in [0, 0.1) is 5.92 Å². The molecule has 2 N–H and O–H groups in total. The van der Waals surface area contributed by atoms with Gasteiger partial charge in [0.05, 0.1) is 5.69 Å². The summed E-state index contributed by atoms with van der Waals surface area (Å²) in [5.41, 5.74) is 1.92. The van der Waals surface area contributed by atoms with Gasteiger partial charge in [0.2, 0.25) is 0 Å². The molecule has 0 saturated carbocycles. The fourth-order valence-corrected chi connectivity index (χ4v) is 2.51. The van der Waals surface area contributed by atoms with Gasteiger partial charge in [-0.05, 0) is 30.5 Å². The van der Waals surface area contributed by atoms with Gasteiger partial charge in [-0.25, -0.2) is 4.79 Å². The van der Waals surface area contributed by atoms with E-state index in [4.69, 9.17) is 0 Å². The Labute approximate surface area is 106 Å². The predicted molar refractivity (Wildman–Crippen MR) is 72.7 cm³/mol. The number of aromatic nitrogens is 1. The van der Waals surface area contributed by atoms with Crippen LogP contribution in [0.4, 0.5) is 10.5 Å². The van der Waals surface area contributed by atoms with Crippen LogP contribution < -0.4 is 5.32 Å². The van der Waals surface area contributed by atoms with Gasteiger partial charge in [-0.2, -0.15) is 0 Å². The summed E-state index contributed by atoms with van der Waals surface area (Å²) in [6.45, 7) is 3.89. The van der Waals surface area contributed by atoms with Crippen LogP contribution in [-0.4, -0.2) is 29.0 Å². The molecule has 2 heterocycles. The zero-order valence-electron chi connectivity index (χ0n) is 10.4. The predicted octanol–water partition coefficient (Wildman–Crippen LogP) is 3.04. The monoisotopic (exact) mass is 243 g/mol. The van der Waals surface area contributed by atoms with Crippen molar-refractivity contribution in [3.63, 3.8) is 0 Å². The molecule has 4 heteroatoms. The van der Waals surface area contributed by atoms with E-state index >= 15 is 0 Å². The molecule has 94 valence electrons. The number of nitrogens with zero attached hydrogens (tertiary/aromatic N) is 1. The van der Waals surface area contributed by atoms with Crippen molar-refractivity contribution < 1.29 is 4.79 Å². The van der Waals surface area contributed by atoms with Crippen LogP contribution in [0.2, 0.25) is 0 Å². The number of rotatable bonds is 1. The second kappa shape index (κ2) is 4.37. The van der Waals surface area contributed by atoms with Gasteiger partial charge in [0.1, 0.15) is 0 Å². The minimum Gasteiger partial charge on any atom is -0.361 e. The lowest BCUT2D eigenvalue weighted by atomic mass is 10.2. The van der Waals surface area contributed by atoms with Crippen molar-refractivity contribution in [2.75, 3.05) is 18.4 Å². The molecule has 0 bridgehead atoms. The van der Waals surface area contributed by atoms with E-state index in [1.165, 1.54) is 0 Å². The van der Waals surface area contributed by atoms with E-state index in [9.17, 15) is 4.79 Å². The molecule has 4 nitrogen and oxygen atoms in total. The zero-order chi connectivity index (χ0) is 12.5. The second-order valence-electron chi connectivity index (χ2n) is 5.01. The minimum absolute atomic E-state index is 0.00745. The number of nitrogens with one attached hydrogen (secondary N) is 2. The quantitative estimate of drug-likeness (QED) is 0.794. The fraction of sp³-hybridized carbons (Fsp3) is 0.357. The number of H-pyrrole nitrogens is 1. The maximum absolute atomic E-state index is 12.1. The molecule has 1 unspecified atom stereocenters. The van der Waals surface area contributed by atoms with Gasteiger partial charge >= 0.3 is 6.03 Å². The second-order valence-corrected chi connectivity index (χ2v) is 5.01. The third-order valence-corrected chi connectivity index (χ3v) is 3.55. The van der Waals surface area contributed by atoms with E-state index in [0.717, 1.165) is 36.1 Å². The molecule has 0 aliphatic carbocycles. The van der Waals surface area contributed by atoms with E-state index in [0.29, 0.717) is 5.92 Å². The van der Waals surface area contributed by atoms with Crippen LogP contribution in [-0.2, 0) is 0 Å². The smallest absolute Gasteiger partial charge is 0.321 e. The Morgan fingerprint density at radius 1 is 1.44 bits per heavy atom. The number of aromatic amines is 1. The first-order valence-electron chi connectivity index (χ1n) is 6.36. The van der Waals surface area contributed by atoms with Crippen LogP contribution in [0.1, 0.15) is 13.3 Å².